The number of benzene rings is 1. The van der Waals surface area contributed by atoms with Crippen LogP contribution in [0.15, 0.2) is 35.6 Å². The van der Waals surface area contributed by atoms with Crippen molar-refractivity contribution >= 4 is 46.9 Å². The number of urea groups is 1. The van der Waals surface area contributed by atoms with Gasteiger partial charge in [0.2, 0.25) is 0 Å². The first-order valence-electron chi connectivity index (χ1n) is 6.95. The van der Waals surface area contributed by atoms with E-state index in [-0.39, 0.29) is 18.0 Å². The zero-order valence-corrected chi connectivity index (χ0v) is 14.6. The molecule has 7 nitrogen and oxygen atoms in total. The van der Waals surface area contributed by atoms with Gasteiger partial charge < -0.3 is 10.1 Å². The first-order valence-corrected chi connectivity index (χ1v) is 8.55. The van der Waals surface area contributed by atoms with Crippen LogP contribution in [0.1, 0.15) is 17.3 Å². The Kier molecular flexibility index (Phi) is 6.39. The summed E-state index contributed by atoms with van der Waals surface area (Å²) in [5.41, 5.74) is 0.634. The molecule has 2 rings (SSSR count). The second kappa shape index (κ2) is 8.51. The van der Waals surface area contributed by atoms with Crippen LogP contribution in [0.3, 0.4) is 0 Å². The van der Waals surface area contributed by atoms with Crippen LogP contribution in [-0.4, -0.2) is 34.8 Å². The average molecular weight is 367 g/mol. The zero-order valence-electron chi connectivity index (χ0n) is 13.0. The van der Waals surface area contributed by atoms with E-state index >= 15 is 0 Å². The van der Waals surface area contributed by atoms with Crippen molar-refractivity contribution in [3.63, 3.8) is 0 Å². The van der Waals surface area contributed by atoms with Crippen LogP contribution in [-0.2, 0) is 4.74 Å². The normalized spacial score (nSPS) is 10.1. The molecule has 24 heavy (non-hydrogen) atoms. The van der Waals surface area contributed by atoms with Crippen molar-refractivity contribution in [1.82, 2.24) is 9.97 Å². The van der Waals surface area contributed by atoms with Gasteiger partial charge in [0, 0.05) is 16.9 Å². The van der Waals surface area contributed by atoms with Crippen LogP contribution in [0.4, 0.5) is 16.3 Å². The summed E-state index contributed by atoms with van der Waals surface area (Å²) in [5, 5.41) is 6.15. The van der Waals surface area contributed by atoms with Crippen molar-refractivity contribution in [3.05, 3.63) is 41.0 Å². The summed E-state index contributed by atoms with van der Waals surface area (Å²) in [4.78, 5) is 32.2. The predicted octanol–water partition coefficient (Wildman–Crippen LogP) is 3.67. The molecule has 126 valence electrons. The van der Waals surface area contributed by atoms with Gasteiger partial charge in [0.25, 0.3) is 0 Å². The number of aromatic nitrogens is 2. The number of nitrogens with zero attached hydrogens (tertiary/aromatic N) is 2. The maximum absolute atomic E-state index is 12.1. The third kappa shape index (κ3) is 4.84. The molecule has 0 aliphatic heterocycles. The van der Waals surface area contributed by atoms with Crippen LogP contribution < -0.4 is 10.6 Å². The number of halogens is 1. The Labute approximate surface area is 148 Å². The Bertz CT molecular complexity index is 740. The lowest BCUT2D eigenvalue weighted by atomic mass is 10.3. The molecular weight excluding hydrogens is 352 g/mol. The van der Waals surface area contributed by atoms with E-state index in [1.54, 1.807) is 37.4 Å². The van der Waals surface area contributed by atoms with Gasteiger partial charge in [-0.25, -0.2) is 19.6 Å². The first-order chi connectivity index (χ1) is 11.5. The number of hydrogen-bond donors (Lipinski definition) is 2. The summed E-state index contributed by atoms with van der Waals surface area (Å²) in [6.45, 7) is 1.90. The van der Waals surface area contributed by atoms with Crippen LogP contribution in [0, 0.1) is 0 Å². The van der Waals surface area contributed by atoms with Gasteiger partial charge in [0.15, 0.2) is 11.0 Å². The lowest BCUT2D eigenvalue weighted by molar-refractivity contribution is 0.0526. The minimum atomic E-state index is -0.605. The van der Waals surface area contributed by atoms with Crippen LogP contribution >= 0.6 is 23.4 Å². The van der Waals surface area contributed by atoms with E-state index in [9.17, 15) is 9.59 Å². The largest absolute Gasteiger partial charge is 0.462 e. The molecule has 1 aromatic heterocycles. The molecule has 0 aliphatic rings. The SMILES string of the molecule is CCOC(=O)c1cnc(SC)nc1NC(=O)Nc1ccc(Cl)cc1. The Morgan fingerprint density at radius 1 is 1.25 bits per heavy atom. The quantitative estimate of drug-likeness (QED) is 0.476. The molecule has 2 amide bonds. The van der Waals surface area contributed by atoms with Gasteiger partial charge in [-0.1, -0.05) is 23.4 Å². The molecule has 0 atom stereocenters. The van der Waals surface area contributed by atoms with Crippen molar-refractivity contribution in [3.8, 4) is 0 Å². The van der Waals surface area contributed by atoms with E-state index in [0.29, 0.717) is 15.9 Å². The topological polar surface area (TPSA) is 93.2 Å². The standard InChI is InChI=1S/C15H15ClN4O3S/c1-3-23-13(21)11-8-17-15(24-2)20-12(11)19-14(22)18-10-6-4-9(16)5-7-10/h4-8H,3H2,1-2H3,(H2,17,18,19,20,22). The highest BCUT2D eigenvalue weighted by molar-refractivity contribution is 7.98. The highest BCUT2D eigenvalue weighted by Gasteiger charge is 2.18. The number of thioether (sulfide) groups is 1. The molecular formula is C15H15ClN4O3S. The van der Waals surface area contributed by atoms with E-state index in [1.165, 1.54) is 18.0 Å². The molecule has 1 heterocycles. The molecule has 1 aromatic carbocycles. The molecule has 0 radical (unpaired) electrons. The van der Waals surface area contributed by atoms with Gasteiger partial charge in [-0.15, -0.1) is 0 Å². The van der Waals surface area contributed by atoms with Crippen LogP contribution in [0.25, 0.3) is 0 Å². The van der Waals surface area contributed by atoms with Crippen molar-refractivity contribution in [2.24, 2.45) is 0 Å². The maximum atomic E-state index is 12.1. The van der Waals surface area contributed by atoms with Gasteiger partial charge >= 0.3 is 12.0 Å². The van der Waals surface area contributed by atoms with Crippen molar-refractivity contribution in [1.29, 1.82) is 0 Å². The van der Waals surface area contributed by atoms with E-state index < -0.39 is 12.0 Å². The summed E-state index contributed by atoms with van der Waals surface area (Å²) in [5.74, 6) is -0.522. The second-order valence-corrected chi connectivity index (χ2v) is 5.64. The maximum Gasteiger partial charge on any atom is 0.343 e. The molecule has 0 spiro atoms. The van der Waals surface area contributed by atoms with Gasteiger partial charge in [-0.2, -0.15) is 0 Å². The number of rotatable bonds is 5. The van der Waals surface area contributed by atoms with Crippen LogP contribution in [0.5, 0.6) is 0 Å². The monoisotopic (exact) mass is 366 g/mol. The fourth-order valence-electron chi connectivity index (χ4n) is 1.72. The Morgan fingerprint density at radius 3 is 2.58 bits per heavy atom. The lowest BCUT2D eigenvalue weighted by Gasteiger charge is -2.11. The average Bonchev–Trinajstić information content (AvgIpc) is 2.57. The Balaban J connectivity index is 2.18. The molecule has 0 fully saturated rings. The molecule has 0 bridgehead atoms. The third-order valence-electron chi connectivity index (χ3n) is 2.78. The van der Waals surface area contributed by atoms with Crippen molar-refractivity contribution in [2.45, 2.75) is 12.1 Å². The smallest absolute Gasteiger partial charge is 0.343 e. The number of esters is 1. The fourth-order valence-corrected chi connectivity index (χ4v) is 2.19. The third-order valence-corrected chi connectivity index (χ3v) is 3.59. The molecule has 9 heteroatoms. The Morgan fingerprint density at radius 2 is 1.96 bits per heavy atom. The van der Waals surface area contributed by atoms with Crippen molar-refractivity contribution in [2.75, 3.05) is 23.5 Å². The van der Waals surface area contributed by atoms with E-state index in [1.807, 2.05) is 0 Å². The number of anilines is 2. The minimum Gasteiger partial charge on any atom is -0.462 e. The lowest BCUT2D eigenvalue weighted by Crippen LogP contribution is -2.22. The molecule has 2 N–H and O–H groups in total. The highest BCUT2D eigenvalue weighted by Crippen LogP contribution is 2.18. The molecule has 2 aromatic rings. The van der Waals surface area contributed by atoms with Gasteiger partial charge in [-0.05, 0) is 37.4 Å². The number of carbonyl (C=O) groups is 2. The highest BCUT2D eigenvalue weighted by atomic mass is 35.5. The van der Waals surface area contributed by atoms with Crippen molar-refractivity contribution < 1.29 is 14.3 Å². The number of hydrogen-bond acceptors (Lipinski definition) is 6. The molecule has 0 aliphatic carbocycles. The minimum absolute atomic E-state index is 0.0827. The number of nitrogens with one attached hydrogen (secondary N) is 2. The summed E-state index contributed by atoms with van der Waals surface area (Å²) in [6.07, 6.45) is 3.12. The van der Waals surface area contributed by atoms with E-state index in [2.05, 4.69) is 20.6 Å². The fraction of sp³-hybridized carbons (Fsp3) is 0.200. The van der Waals surface area contributed by atoms with Gasteiger partial charge in [-0.3, -0.25) is 5.32 Å². The number of carbonyl (C=O) groups excluding carboxylic acids is 2. The van der Waals surface area contributed by atoms with Crippen LogP contribution in [0.2, 0.25) is 5.02 Å². The number of ether oxygens (including phenoxy) is 1. The zero-order chi connectivity index (χ0) is 17.5. The summed E-state index contributed by atoms with van der Waals surface area (Å²) < 4.78 is 4.94. The first kappa shape index (κ1) is 18.0. The summed E-state index contributed by atoms with van der Waals surface area (Å²) in [7, 11) is 0. The predicted molar refractivity (Wildman–Crippen MR) is 93.9 cm³/mol. The van der Waals surface area contributed by atoms with Gasteiger partial charge in [0.1, 0.15) is 5.56 Å². The molecule has 0 unspecified atom stereocenters. The summed E-state index contributed by atoms with van der Waals surface area (Å²) >= 11 is 7.09. The molecule has 0 saturated carbocycles. The Hall–Kier alpha value is -2.32. The summed E-state index contributed by atoms with van der Waals surface area (Å²) in [6, 6.07) is 6.06. The van der Waals surface area contributed by atoms with Gasteiger partial charge in [0.05, 0.1) is 6.61 Å². The van der Waals surface area contributed by atoms with E-state index in [4.69, 9.17) is 16.3 Å². The van der Waals surface area contributed by atoms with E-state index in [0.717, 1.165) is 0 Å². The molecule has 0 saturated heterocycles. The second-order valence-electron chi connectivity index (χ2n) is 4.43. The number of amides is 2.